The van der Waals surface area contributed by atoms with Crippen molar-refractivity contribution in [3.8, 4) is 11.5 Å². The number of benzene rings is 2. The molecule has 0 bridgehead atoms. The van der Waals surface area contributed by atoms with E-state index in [1.54, 1.807) is 18.2 Å². The second-order valence-electron chi connectivity index (χ2n) is 6.68. The molecular formula is C22H21FN2O5. The van der Waals surface area contributed by atoms with Crippen molar-refractivity contribution in [3.63, 3.8) is 0 Å². The van der Waals surface area contributed by atoms with Crippen molar-refractivity contribution in [2.45, 2.75) is 26.4 Å². The molecule has 0 aromatic heterocycles. The van der Waals surface area contributed by atoms with E-state index in [4.69, 9.17) is 9.47 Å². The number of barbiturate groups is 1. The molecule has 2 aromatic carbocycles. The zero-order valence-corrected chi connectivity index (χ0v) is 16.8. The number of anilines is 1. The second kappa shape index (κ2) is 8.77. The maximum Gasteiger partial charge on any atom is 0.335 e. The predicted molar refractivity (Wildman–Crippen MR) is 109 cm³/mol. The Labute approximate surface area is 173 Å². The highest BCUT2D eigenvalue weighted by Gasteiger charge is 2.36. The van der Waals surface area contributed by atoms with Crippen molar-refractivity contribution >= 4 is 29.6 Å². The van der Waals surface area contributed by atoms with Crippen LogP contribution in [-0.2, 0) is 9.59 Å². The molecule has 4 amide bonds. The van der Waals surface area contributed by atoms with Gasteiger partial charge in [0, 0.05) is 0 Å². The molecule has 7 nitrogen and oxygen atoms in total. The van der Waals surface area contributed by atoms with Crippen molar-refractivity contribution in [3.05, 3.63) is 59.4 Å². The summed E-state index contributed by atoms with van der Waals surface area (Å²) in [5.41, 5.74) is 0.416. The lowest BCUT2D eigenvalue weighted by Crippen LogP contribution is -2.54. The molecule has 1 fully saturated rings. The van der Waals surface area contributed by atoms with Crippen LogP contribution >= 0.6 is 0 Å². The van der Waals surface area contributed by atoms with E-state index >= 15 is 0 Å². The third kappa shape index (κ3) is 4.32. The quantitative estimate of drug-likeness (QED) is 0.578. The standard InChI is InChI=1S/C22H21FN2O5/c1-4-13(2)30-18-10-5-14(12-19(18)29-3)11-17-20(26)24-22(28)25(21(17)27)16-8-6-15(23)7-9-16/h5-13H,4H2,1-3H3,(H,24,26,28)/b17-11-/t13-/m0/s1. The van der Waals surface area contributed by atoms with Gasteiger partial charge in [-0.1, -0.05) is 13.0 Å². The summed E-state index contributed by atoms with van der Waals surface area (Å²) in [6, 6.07) is 8.90. The fourth-order valence-electron chi connectivity index (χ4n) is 2.82. The number of carbonyl (C=O) groups excluding carboxylic acids is 3. The van der Waals surface area contributed by atoms with Gasteiger partial charge in [0.2, 0.25) is 0 Å². The van der Waals surface area contributed by atoms with Crippen LogP contribution < -0.4 is 19.7 Å². The molecule has 0 aliphatic carbocycles. The summed E-state index contributed by atoms with van der Waals surface area (Å²) >= 11 is 0. The van der Waals surface area contributed by atoms with Crippen LogP contribution in [0.1, 0.15) is 25.8 Å². The van der Waals surface area contributed by atoms with Gasteiger partial charge >= 0.3 is 6.03 Å². The Morgan fingerprint density at radius 1 is 1.10 bits per heavy atom. The number of nitrogens with zero attached hydrogens (tertiary/aromatic N) is 1. The van der Waals surface area contributed by atoms with Crippen LogP contribution in [0.25, 0.3) is 6.08 Å². The zero-order chi connectivity index (χ0) is 21.8. The van der Waals surface area contributed by atoms with Gasteiger partial charge in [0.1, 0.15) is 11.4 Å². The fourth-order valence-corrected chi connectivity index (χ4v) is 2.82. The van der Waals surface area contributed by atoms with Gasteiger partial charge in [-0.2, -0.15) is 0 Å². The van der Waals surface area contributed by atoms with Gasteiger partial charge in [-0.25, -0.2) is 14.1 Å². The Kier molecular flexibility index (Phi) is 6.15. The number of nitrogens with one attached hydrogen (secondary N) is 1. The van der Waals surface area contributed by atoms with Crippen LogP contribution in [0.2, 0.25) is 0 Å². The van der Waals surface area contributed by atoms with Gasteiger partial charge in [-0.05, 0) is 61.4 Å². The van der Waals surface area contributed by atoms with E-state index in [1.807, 2.05) is 13.8 Å². The van der Waals surface area contributed by atoms with E-state index in [9.17, 15) is 18.8 Å². The van der Waals surface area contributed by atoms with Gasteiger partial charge in [0.25, 0.3) is 11.8 Å². The highest BCUT2D eigenvalue weighted by atomic mass is 19.1. The Morgan fingerprint density at radius 2 is 1.80 bits per heavy atom. The molecule has 3 rings (SSSR count). The van der Waals surface area contributed by atoms with Gasteiger partial charge in [0.15, 0.2) is 11.5 Å². The number of imide groups is 2. The molecule has 0 saturated carbocycles. The molecule has 0 unspecified atom stereocenters. The molecule has 0 spiro atoms. The summed E-state index contributed by atoms with van der Waals surface area (Å²) in [5, 5.41) is 2.13. The SMILES string of the molecule is CC[C@H](C)Oc1ccc(/C=C2/C(=O)NC(=O)N(c3ccc(F)cc3)C2=O)cc1OC. The summed E-state index contributed by atoms with van der Waals surface area (Å²) in [4.78, 5) is 38.1. The summed E-state index contributed by atoms with van der Waals surface area (Å²) in [5.74, 6) is -1.16. The summed E-state index contributed by atoms with van der Waals surface area (Å²) < 4.78 is 24.3. The Balaban J connectivity index is 1.95. The van der Waals surface area contributed by atoms with E-state index in [0.29, 0.717) is 17.1 Å². The summed E-state index contributed by atoms with van der Waals surface area (Å²) in [6.45, 7) is 3.93. The molecule has 1 aliphatic heterocycles. The highest BCUT2D eigenvalue weighted by molar-refractivity contribution is 6.39. The third-order valence-electron chi connectivity index (χ3n) is 4.59. The van der Waals surface area contributed by atoms with Crippen molar-refractivity contribution in [2.24, 2.45) is 0 Å². The number of rotatable bonds is 6. The molecule has 156 valence electrons. The minimum absolute atomic E-state index is 0.0101. The van der Waals surface area contributed by atoms with E-state index < -0.39 is 23.7 Å². The summed E-state index contributed by atoms with van der Waals surface area (Å²) in [7, 11) is 1.49. The average Bonchev–Trinajstić information content (AvgIpc) is 2.73. The molecule has 1 N–H and O–H groups in total. The van der Waals surface area contributed by atoms with Crippen LogP contribution in [0.3, 0.4) is 0 Å². The minimum atomic E-state index is -0.899. The van der Waals surface area contributed by atoms with Crippen molar-refractivity contribution in [1.82, 2.24) is 5.32 Å². The molecule has 30 heavy (non-hydrogen) atoms. The fraction of sp³-hybridized carbons (Fsp3) is 0.227. The van der Waals surface area contributed by atoms with E-state index in [2.05, 4.69) is 5.32 Å². The topological polar surface area (TPSA) is 84.9 Å². The van der Waals surface area contributed by atoms with Crippen LogP contribution in [-0.4, -0.2) is 31.1 Å². The number of methoxy groups -OCH3 is 1. The predicted octanol–water partition coefficient (Wildman–Crippen LogP) is 3.68. The van der Waals surface area contributed by atoms with Crippen LogP contribution in [0, 0.1) is 5.82 Å². The van der Waals surface area contributed by atoms with Crippen LogP contribution in [0.5, 0.6) is 11.5 Å². The lowest BCUT2D eigenvalue weighted by atomic mass is 10.1. The molecular weight excluding hydrogens is 391 g/mol. The highest BCUT2D eigenvalue weighted by Crippen LogP contribution is 2.31. The molecule has 8 heteroatoms. The lowest BCUT2D eigenvalue weighted by molar-refractivity contribution is -0.122. The molecule has 1 heterocycles. The van der Waals surface area contributed by atoms with Crippen LogP contribution in [0.4, 0.5) is 14.9 Å². The number of amides is 4. The molecule has 1 aliphatic rings. The van der Waals surface area contributed by atoms with Crippen molar-refractivity contribution < 1.29 is 28.2 Å². The first-order chi connectivity index (χ1) is 14.3. The average molecular weight is 412 g/mol. The normalized spacial score (nSPS) is 16.5. The maximum atomic E-state index is 13.2. The maximum absolute atomic E-state index is 13.2. The van der Waals surface area contributed by atoms with Gasteiger partial charge in [-0.3, -0.25) is 14.9 Å². The van der Waals surface area contributed by atoms with E-state index in [-0.39, 0.29) is 17.4 Å². The van der Waals surface area contributed by atoms with Crippen molar-refractivity contribution in [2.75, 3.05) is 12.0 Å². The van der Waals surface area contributed by atoms with Crippen LogP contribution in [0.15, 0.2) is 48.0 Å². The molecule has 0 radical (unpaired) electrons. The molecule has 1 saturated heterocycles. The Bertz CT molecular complexity index is 1020. The lowest BCUT2D eigenvalue weighted by Gasteiger charge is -2.26. The first-order valence-corrected chi connectivity index (χ1v) is 9.35. The van der Waals surface area contributed by atoms with Gasteiger partial charge in [0.05, 0.1) is 18.9 Å². The monoisotopic (exact) mass is 412 g/mol. The number of halogens is 1. The van der Waals surface area contributed by atoms with Crippen molar-refractivity contribution in [1.29, 1.82) is 0 Å². The number of ether oxygens (including phenoxy) is 2. The number of urea groups is 1. The first-order valence-electron chi connectivity index (χ1n) is 9.35. The Morgan fingerprint density at radius 3 is 2.43 bits per heavy atom. The van der Waals surface area contributed by atoms with E-state index in [0.717, 1.165) is 23.5 Å². The second-order valence-corrected chi connectivity index (χ2v) is 6.68. The molecule has 1 atom stereocenters. The Hall–Kier alpha value is -3.68. The van der Waals surface area contributed by atoms with Gasteiger partial charge < -0.3 is 9.47 Å². The number of hydrogen-bond donors (Lipinski definition) is 1. The minimum Gasteiger partial charge on any atom is -0.493 e. The third-order valence-corrected chi connectivity index (χ3v) is 4.59. The first kappa shape index (κ1) is 21.0. The van der Waals surface area contributed by atoms with E-state index in [1.165, 1.54) is 25.3 Å². The van der Waals surface area contributed by atoms with Gasteiger partial charge in [-0.15, -0.1) is 0 Å². The number of hydrogen-bond acceptors (Lipinski definition) is 5. The summed E-state index contributed by atoms with van der Waals surface area (Å²) in [6.07, 6.45) is 2.16. The smallest absolute Gasteiger partial charge is 0.335 e. The number of carbonyl (C=O) groups is 3. The molecule has 2 aromatic rings. The largest absolute Gasteiger partial charge is 0.493 e. The zero-order valence-electron chi connectivity index (χ0n) is 16.8.